The zero-order valence-electron chi connectivity index (χ0n) is 16.5. The van der Waals surface area contributed by atoms with Gasteiger partial charge in [-0.1, -0.05) is 27.7 Å². The van der Waals surface area contributed by atoms with E-state index in [2.05, 4.69) is 39.5 Å². The van der Waals surface area contributed by atoms with Crippen LogP contribution in [0.5, 0.6) is 0 Å². The molecule has 2 atom stereocenters. The average Bonchev–Trinajstić information content (AvgIpc) is 2.57. The highest BCUT2D eigenvalue weighted by Gasteiger charge is 2.15. The molecule has 5 heteroatoms. The van der Waals surface area contributed by atoms with Gasteiger partial charge in [0.2, 0.25) is 0 Å². The van der Waals surface area contributed by atoms with Gasteiger partial charge in [0.05, 0.1) is 26.4 Å². The van der Waals surface area contributed by atoms with Crippen molar-refractivity contribution in [1.29, 1.82) is 0 Å². The smallest absolute Gasteiger partial charge is 0.154 e. The van der Waals surface area contributed by atoms with Gasteiger partial charge in [-0.25, -0.2) is 0 Å². The van der Waals surface area contributed by atoms with E-state index in [1.807, 2.05) is 13.8 Å². The fraction of sp³-hybridized carbons (Fsp3) is 1.00. The fourth-order valence-corrected chi connectivity index (χ4v) is 3.53. The SMILES string of the molecule is CC1CCC(C)SC1.CC1COC(C)OC1.CC1COC(C)OC1. The second kappa shape index (κ2) is 12.5. The Morgan fingerprint density at radius 1 is 0.583 bits per heavy atom. The van der Waals surface area contributed by atoms with E-state index in [0.29, 0.717) is 11.8 Å². The molecule has 0 N–H and O–H groups in total. The highest BCUT2D eigenvalue weighted by molar-refractivity contribution is 7.99. The van der Waals surface area contributed by atoms with Crippen molar-refractivity contribution >= 4 is 11.8 Å². The van der Waals surface area contributed by atoms with Crippen LogP contribution in [0.3, 0.4) is 0 Å². The molecule has 3 rings (SSSR count). The molecule has 0 radical (unpaired) electrons. The second-order valence-electron chi connectivity index (χ2n) is 7.51. The van der Waals surface area contributed by atoms with E-state index in [4.69, 9.17) is 18.9 Å². The molecule has 3 saturated heterocycles. The lowest BCUT2D eigenvalue weighted by atomic mass is 10.1. The minimum Gasteiger partial charge on any atom is -0.353 e. The number of hydrogen-bond acceptors (Lipinski definition) is 5. The summed E-state index contributed by atoms with van der Waals surface area (Å²) in [6.45, 7) is 16.1. The first kappa shape index (κ1) is 22.2. The van der Waals surface area contributed by atoms with Crippen molar-refractivity contribution in [1.82, 2.24) is 0 Å². The summed E-state index contributed by atoms with van der Waals surface area (Å²) < 4.78 is 20.7. The van der Waals surface area contributed by atoms with E-state index >= 15 is 0 Å². The molecule has 0 aromatic heterocycles. The topological polar surface area (TPSA) is 36.9 Å². The first-order valence-corrected chi connectivity index (χ1v) is 10.5. The Kier molecular flexibility index (Phi) is 11.6. The van der Waals surface area contributed by atoms with E-state index in [1.165, 1.54) is 18.6 Å². The first-order chi connectivity index (χ1) is 11.4. The normalized spacial score (nSPS) is 39.8. The molecule has 0 bridgehead atoms. The first-order valence-electron chi connectivity index (χ1n) is 9.44. The van der Waals surface area contributed by atoms with Crippen molar-refractivity contribution < 1.29 is 18.9 Å². The lowest BCUT2D eigenvalue weighted by Crippen LogP contribution is -2.27. The van der Waals surface area contributed by atoms with Crippen LogP contribution >= 0.6 is 11.8 Å². The summed E-state index contributed by atoms with van der Waals surface area (Å²) in [5, 5.41) is 0.936. The Balaban J connectivity index is 0.000000180. The van der Waals surface area contributed by atoms with Gasteiger partial charge < -0.3 is 18.9 Å². The minimum atomic E-state index is 0.0196. The molecule has 3 aliphatic heterocycles. The van der Waals surface area contributed by atoms with Gasteiger partial charge in [-0.05, 0) is 38.4 Å². The molecule has 3 fully saturated rings. The van der Waals surface area contributed by atoms with Crippen LogP contribution in [-0.2, 0) is 18.9 Å². The van der Waals surface area contributed by atoms with Crippen LogP contribution in [0.25, 0.3) is 0 Å². The Labute approximate surface area is 153 Å². The predicted molar refractivity (Wildman–Crippen MR) is 101 cm³/mol. The summed E-state index contributed by atoms with van der Waals surface area (Å²) in [7, 11) is 0. The third-order valence-electron chi connectivity index (χ3n) is 4.19. The lowest BCUT2D eigenvalue weighted by Gasteiger charge is -2.24. The van der Waals surface area contributed by atoms with Crippen LogP contribution in [0.15, 0.2) is 0 Å². The molecule has 0 spiro atoms. The van der Waals surface area contributed by atoms with Gasteiger partial charge >= 0.3 is 0 Å². The molecule has 0 aromatic carbocycles. The monoisotopic (exact) mass is 362 g/mol. The Bertz CT molecular complexity index is 214. The van der Waals surface area contributed by atoms with Crippen molar-refractivity contribution in [3.05, 3.63) is 0 Å². The summed E-state index contributed by atoms with van der Waals surface area (Å²) in [6, 6.07) is 0. The molecular formula is C19H38O4S. The minimum absolute atomic E-state index is 0.0196. The maximum atomic E-state index is 5.17. The highest BCUT2D eigenvalue weighted by Crippen LogP contribution is 2.27. The third-order valence-corrected chi connectivity index (χ3v) is 5.76. The van der Waals surface area contributed by atoms with Gasteiger partial charge in [-0.15, -0.1) is 0 Å². The van der Waals surface area contributed by atoms with Crippen LogP contribution in [0.2, 0.25) is 0 Å². The maximum absolute atomic E-state index is 5.17. The van der Waals surface area contributed by atoms with Crippen LogP contribution in [0.1, 0.15) is 54.4 Å². The molecule has 3 heterocycles. The van der Waals surface area contributed by atoms with E-state index in [0.717, 1.165) is 37.6 Å². The largest absolute Gasteiger partial charge is 0.353 e. The van der Waals surface area contributed by atoms with Crippen molar-refractivity contribution in [2.45, 2.75) is 72.2 Å². The zero-order chi connectivity index (χ0) is 17.9. The molecule has 0 amide bonds. The molecule has 0 aliphatic carbocycles. The summed E-state index contributed by atoms with van der Waals surface area (Å²) in [5.41, 5.74) is 0. The Hall–Kier alpha value is 0.190. The summed E-state index contributed by atoms with van der Waals surface area (Å²) in [6.07, 6.45) is 2.93. The van der Waals surface area contributed by atoms with Gasteiger partial charge in [0, 0.05) is 17.1 Å². The van der Waals surface area contributed by atoms with E-state index < -0.39 is 0 Å². The quantitative estimate of drug-likeness (QED) is 0.631. The Morgan fingerprint density at radius 3 is 1.25 bits per heavy atom. The van der Waals surface area contributed by atoms with Crippen LogP contribution in [0.4, 0.5) is 0 Å². The molecule has 0 aromatic rings. The highest BCUT2D eigenvalue weighted by atomic mass is 32.2. The molecule has 3 aliphatic rings. The van der Waals surface area contributed by atoms with Crippen molar-refractivity contribution in [2.75, 3.05) is 32.2 Å². The van der Waals surface area contributed by atoms with E-state index in [1.54, 1.807) is 0 Å². The molecule has 144 valence electrons. The molecule has 4 nitrogen and oxygen atoms in total. The van der Waals surface area contributed by atoms with Gasteiger partial charge in [-0.2, -0.15) is 11.8 Å². The molecule has 24 heavy (non-hydrogen) atoms. The maximum Gasteiger partial charge on any atom is 0.154 e. The number of thioether (sulfide) groups is 1. The Morgan fingerprint density at radius 2 is 1.00 bits per heavy atom. The lowest BCUT2D eigenvalue weighted by molar-refractivity contribution is -0.187. The molecule has 2 unspecified atom stereocenters. The van der Waals surface area contributed by atoms with Crippen LogP contribution in [0, 0.1) is 17.8 Å². The zero-order valence-corrected chi connectivity index (χ0v) is 17.3. The number of ether oxygens (including phenoxy) is 4. The van der Waals surface area contributed by atoms with Crippen molar-refractivity contribution in [3.8, 4) is 0 Å². The fourth-order valence-electron chi connectivity index (χ4n) is 2.41. The van der Waals surface area contributed by atoms with Crippen LogP contribution < -0.4 is 0 Å². The van der Waals surface area contributed by atoms with Gasteiger partial charge in [0.15, 0.2) is 12.6 Å². The van der Waals surface area contributed by atoms with Gasteiger partial charge in [-0.3, -0.25) is 0 Å². The summed E-state index contributed by atoms with van der Waals surface area (Å²) >= 11 is 2.13. The van der Waals surface area contributed by atoms with E-state index in [-0.39, 0.29) is 12.6 Å². The second-order valence-corrected chi connectivity index (χ2v) is 8.98. The molecule has 0 saturated carbocycles. The molecular weight excluding hydrogens is 324 g/mol. The van der Waals surface area contributed by atoms with Gasteiger partial charge in [0.1, 0.15) is 0 Å². The number of rotatable bonds is 0. The van der Waals surface area contributed by atoms with Gasteiger partial charge in [0.25, 0.3) is 0 Å². The predicted octanol–water partition coefficient (Wildman–Crippen LogP) is 4.57. The summed E-state index contributed by atoms with van der Waals surface area (Å²) in [4.78, 5) is 0. The van der Waals surface area contributed by atoms with Crippen molar-refractivity contribution in [2.24, 2.45) is 17.8 Å². The standard InChI is InChI=1S/C7H14S.2C6H12O2/c1-6-3-4-7(2)8-5-6;2*1-5-3-7-6(2)8-4-5/h6-7H,3-5H2,1-2H3;2*5-6H,3-4H2,1-2H3. The van der Waals surface area contributed by atoms with Crippen molar-refractivity contribution in [3.63, 3.8) is 0 Å². The summed E-state index contributed by atoms with van der Waals surface area (Å²) in [5.74, 6) is 3.52. The van der Waals surface area contributed by atoms with E-state index in [9.17, 15) is 0 Å². The number of hydrogen-bond donors (Lipinski definition) is 0. The average molecular weight is 363 g/mol. The third kappa shape index (κ3) is 10.9. The van der Waals surface area contributed by atoms with Crippen LogP contribution in [-0.4, -0.2) is 50.0 Å².